The van der Waals surface area contributed by atoms with Crippen LogP contribution in [0.25, 0.3) is 11.2 Å². The molecule has 3 N–H and O–H groups in total. The van der Waals surface area contributed by atoms with Crippen LogP contribution in [0.5, 0.6) is 0 Å². The maximum atomic E-state index is 10.3. The molecule has 1 saturated heterocycles. The second kappa shape index (κ2) is 6.53. The number of fused-ring (bicyclic) bond motifs is 1. The number of ether oxygens (including phenoxy) is 1. The van der Waals surface area contributed by atoms with Crippen LogP contribution in [-0.2, 0) is 4.74 Å². The van der Waals surface area contributed by atoms with Crippen LogP contribution in [-0.4, -0.2) is 54.1 Å². The SMILES string of the molecule is C=C[C@H]1O[C@@H](n2cnc3c(NC4CCCC4)nc(Cl)nc32)C(O)C1O. The number of hydrogen-bond acceptors (Lipinski definition) is 7. The topological polar surface area (TPSA) is 105 Å². The van der Waals surface area contributed by atoms with Gasteiger partial charge in [0.25, 0.3) is 0 Å². The van der Waals surface area contributed by atoms with Gasteiger partial charge in [0.2, 0.25) is 5.28 Å². The zero-order valence-corrected chi connectivity index (χ0v) is 14.3. The molecule has 0 bridgehead atoms. The minimum absolute atomic E-state index is 0.0862. The number of aliphatic hydroxyl groups excluding tert-OH is 2. The van der Waals surface area contributed by atoms with Gasteiger partial charge in [-0.1, -0.05) is 18.9 Å². The molecule has 2 aromatic heterocycles. The summed E-state index contributed by atoms with van der Waals surface area (Å²) in [6.45, 7) is 3.61. The summed E-state index contributed by atoms with van der Waals surface area (Å²) >= 11 is 6.09. The fourth-order valence-electron chi connectivity index (χ4n) is 3.55. The highest BCUT2D eigenvalue weighted by molar-refractivity contribution is 6.28. The molecule has 2 fully saturated rings. The van der Waals surface area contributed by atoms with Crippen LogP contribution in [0.1, 0.15) is 31.9 Å². The number of nitrogens with one attached hydrogen (secondary N) is 1. The van der Waals surface area contributed by atoms with Crippen molar-refractivity contribution < 1.29 is 14.9 Å². The molecule has 0 aromatic carbocycles. The van der Waals surface area contributed by atoms with Gasteiger partial charge < -0.3 is 20.3 Å². The van der Waals surface area contributed by atoms with Crippen molar-refractivity contribution in [3.8, 4) is 0 Å². The minimum atomic E-state index is -1.12. The fourth-order valence-corrected chi connectivity index (χ4v) is 3.72. The maximum absolute atomic E-state index is 10.3. The summed E-state index contributed by atoms with van der Waals surface area (Å²) in [6.07, 6.45) is 3.86. The average molecular weight is 366 g/mol. The van der Waals surface area contributed by atoms with Gasteiger partial charge in [0, 0.05) is 6.04 Å². The summed E-state index contributed by atoms with van der Waals surface area (Å²) in [7, 11) is 0. The number of imidazole rings is 1. The second-order valence-corrected chi connectivity index (χ2v) is 6.84. The maximum Gasteiger partial charge on any atom is 0.226 e. The van der Waals surface area contributed by atoms with E-state index in [0.717, 1.165) is 12.8 Å². The largest absolute Gasteiger partial charge is 0.387 e. The lowest BCUT2D eigenvalue weighted by molar-refractivity contribution is -0.0244. The normalized spacial score (nSPS) is 30.2. The third-order valence-corrected chi connectivity index (χ3v) is 5.04. The monoisotopic (exact) mass is 365 g/mol. The predicted octanol–water partition coefficient (Wildman–Crippen LogP) is 1.64. The van der Waals surface area contributed by atoms with Gasteiger partial charge in [-0.15, -0.1) is 6.58 Å². The molecule has 134 valence electrons. The molecule has 2 unspecified atom stereocenters. The van der Waals surface area contributed by atoms with Crippen molar-refractivity contribution in [2.24, 2.45) is 0 Å². The minimum Gasteiger partial charge on any atom is -0.387 e. The highest BCUT2D eigenvalue weighted by Gasteiger charge is 2.43. The smallest absolute Gasteiger partial charge is 0.226 e. The molecule has 0 spiro atoms. The van der Waals surface area contributed by atoms with E-state index in [1.807, 2.05) is 0 Å². The Morgan fingerprint density at radius 2 is 2.04 bits per heavy atom. The Morgan fingerprint density at radius 1 is 1.28 bits per heavy atom. The summed E-state index contributed by atoms with van der Waals surface area (Å²) in [5.74, 6) is 0.578. The van der Waals surface area contributed by atoms with Crippen LogP contribution in [0.3, 0.4) is 0 Å². The predicted molar refractivity (Wildman–Crippen MR) is 92.3 cm³/mol. The second-order valence-electron chi connectivity index (χ2n) is 6.50. The van der Waals surface area contributed by atoms with Crippen LogP contribution in [0.4, 0.5) is 5.82 Å². The van der Waals surface area contributed by atoms with Gasteiger partial charge in [0.1, 0.15) is 18.3 Å². The van der Waals surface area contributed by atoms with Crippen molar-refractivity contribution in [1.29, 1.82) is 0 Å². The number of aliphatic hydroxyl groups is 2. The van der Waals surface area contributed by atoms with Crippen LogP contribution in [0.15, 0.2) is 19.0 Å². The van der Waals surface area contributed by atoms with Crippen molar-refractivity contribution in [1.82, 2.24) is 19.5 Å². The summed E-state index contributed by atoms with van der Waals surface area (Å²) < 4.78 is 7.25. The lowest BCUT2D eigenvalue weighted by Gasteiger charge is -2.17. The van der Waals surface area contributed by atoms with E-state index in [4.69, 9.17) is 16.3 Å². The van der Waals surface area contributed by atoms with E-state index in [1.54, 1.807) is 4.57 Å². The zero-order chi connectivity index (χ0) is 17.6. The van der Waals surface area contributed by atoms with Crippen molar-refractivity contribution in [3.63, 3.8) is 0 Å². The van der Waals surface area contributed by atoms with E-state index in [1.165, 1.54) is 25.2 Å². The van der Waals surface area contributed by atoms with Gasteiger partial charge in [-0.05, 0) is 24.4 Å². The van der Waals surface area contributed by atoms with Gasteiger partial charge in [-0.25, -0.2) is 4.98 Å². The molecule has 4 atom stereocenters. The number of halogens is 1. The van der Waals surface area contributed by atoms with E-state index in [2.05, 4.69) is 26.8 Å². The molecule has 25 heavy (non-hydrogen) atoms. The third kappa shape index (κ3) is 2.89. The van der Waals surface area contributed by atoms with Crippen LogP contribution in [0, 0.1) is 0 Å². The third-order valence-electron chi connectivity index (χ3n) is 4.87. The quantitative estimate of drug-likeness (QED) is 0.558. The first-order valence-electron chi connectivity index (χ1n) is 8.39. The first-order valence-corrected chi connectivity index (χ1v) is 8.77. The molecule has 2 aromatic rings. The van der Waals surface area contributed by atoms with E-state index in [9.17, 15) is 10.2 Å². The number of anilines is 1. The number of hydrogen-bond donors (Lipinski definition) is 3. The fraction of sp³-hybridized carbons (Fsp3) is 0.562. The van der Waals surface area contributed by atoms with Gasteiger partial charge in [0.05, 0.1) is 6.33 Å². The average Bonchev–Trinajstić information content (AvgIpc) is 3.29. The molecule has 1 aliphatic carbocycles. The zero-order valence-electron chi connectivity index (χ0n) is 13.5. The van der Waals surface area contributed by atoms with Gasteiger partial charge in [-0.3, -0.25) is 4.57 Å². The molecule has 2 aliphatic rings. The molecule has 8 nitrogen and oxygen atoms in total. The van der Waals surface area contributed by atoms with Gasteiger partial charge in [-0.2, -0.15) is 9.97 Å². The molecule has 9 heteroatoms. The Bertz CT molecular complexity index is 791. The van der Waals surface area contributed by atoms with Crippen molar-refractivity contribution >= 4 is 28.6 Å². The Hall–Kier alpha value is -1.74. The first-order chi connectivity index (χ1) is 12.1. The van der Waals surface area contributed by atoms with Gasteiger partial charge >= 0.3 is 0 Å². The van der Waals surface area contributed by atoms with Crippen molar-refractivity contribution in [2.75, 3.05) is 5.32 Å². The van der Waals surface area contributed by atoms with E-state index in [0.29, 0.717) is 23.0 Å². The standard InChI is InChI=1S/C16H20ClN5O3/c1-2-9-11(23)12(24)15(25-9)22-7-18-10-13(19-8-5-3-4-6-8)20-16(17)21-14(10)22/h2,7-9,11-12,15,23-24H,1,3-6H2,(H,19,20,21)/t9-,11?,12?,15-/m1/s1. The molecule has 4 rings (SSSR count). The van der Waals surface area contributed by atoms with Crippen LogP contribution >= 0.6 is 11.6 Å². The Balaban J connectivity index is 1.71. The molecule has 3 heterocycles. The molecule has 1 aliphatic heterocycles. The van der Waals surface area contributed by atoms with E-state index < -0.39 is 24.5 Å². The molecule has 0 radical (unpaired) electrons. The first kappa shape index (κ1) is 16.7. The molecule has 1 saturated carbocycles. The van der Waals surface area contributed by atoms with E-state index >= 15 is 0 Å². The van der Waals surface area contributed by atoms with Gasteiger partial charge in [0.15, 0.2) is 23.2 Å². The summed E-state index contributed by atoms with van der Waals surface area (Å²) in [4.78, 5) is 12.9. The highest BCUT2D eigenvalue weighted by atomic mass is 35.5. The molecular formula is C16H20ClN5O3. The lowest BCUT2D eigenvalue weighted by Crippen LogP contribution is -2.30. The summed E-state index contributed by atoms with van der Waals surface area (Å²) in [6, 6.07) is 0.347. The number of nitrogens with zero attached hydrogens (tertiary/aromatic N) is 4. The van der Waals surface area contributed by atoms with E-state index in [-0.39, 0.29) is 5.28 Å². The summed E-state index contributed by atoms with van der Waals surface area (Å²) in [5, 5.41) is 23.8. The highest BCUT2D eigenvalue weighted by Crippen LogP contribution is 2.33. The van der Waals surface area contributed by atoms with Crippen LogP contribution < -0.4 is 5.32 Å². The molecule has 0 amide bonds. The lowest BCUT2D eigenvalue weighted by atomic mass is 10.1. The molecular weight excluding hydrogens is 346 g/mol. The Morgan fingerprint density at radius 3 is 2.72 bits per heavy atom. The van der Waals surface area contributed by atoms with Crippen molar-refractivity contribution in [3.05, 3.63) is 24.3 Å². The Kier molecular flexibility index (Phi) is 4.36. The number of aromatic nitrogens is 4. The van der Waals surface area contributed by atoms with Crippen molar-refractivity contribution in [2.45, 2.75) is 56.3 Å². The number of rotatable bonds is 4. The Labute approximate surface area is 149 Å². The van der Waals surface area contributed by atoms with Crippen LogP contribution in [0.2, 0.25) is 5.28 Å². The summed E-state index contributed by atoms with van der Waals surface area (Å²) in [5.41, 5.74) is 1.00.